The SMILES string of the molecule is CC1=C(C(=O)O)C(c2c(Cl)cccc2Cl)C(C(=O)OCC(=O)N2CCNCC2)=CN1. The molecule has 8 nitrogen and oxygen atoms in total. The van der Waals surface area contributed by atoms with E-state index in [9.17, 15) is 19.5 Å². The fraction of sp³-hybridized carbons (Fsp3) is 0.350. The first-order valence-electron chi connectivity index (χ1n) is 9.31. The average Bonchev–Trinajstić information content (AvgIpc) is 2.72. The van der Waals surface area contributed by atoms with E-state index in [0.717, 1.165) is 0 Å². The van der Waals surface area contributed by atoms with Crippen LogP contribution in [-0.4, -0.2) is 60.6 Å². The van der Waals surface area contributed by atoms with Crippen LogP contribution in [0.3, 0.4) is 0 Å². The Bertz CT molecular complexity index is 918. The molecular weight excluding hydrogens is 433 g/mol. The van der Waals surface area contributed by atoms with E-state index in [4.69, 9.17) is 27.9 Å². The largest absolute Gasteiger partial charge is 0.478 e. The smallest absolute Gasteiger partial charge is 0.336 e. The summed E-state index contributed by atoms with van der Waals surface area (Å²) in [6.45, 7) is 3.55. The van der Waals surface area contributed by atoms with Crippen molar-refractivity contribution in [3.63, 3.8) is 0 Å². The Morgan fingerprint density at radius 3 is 2.43 bits per heavy atom. The minimum atomic E-state index is -1.23. The molecule has 3 rings (SSSR count). The maximum Gasteiger partial charge on any atom is 0.336 e. The molecule has 0 radical (unpaired) electrons. The molecule has 30 heavy (non-hydrogen) atoms. The van der Waals surface area contributed by atoms with Gasteiger partial charge in [0.05, 0.1) is 17.1 Å². The van der Waals surface area contributed by atoms with Gasteiger partial charge >= 0.3 is 11.9 Å². The topological polar surface area (TPSA) is 108 Å². The molecule has 3 N–H and O–H groups in total. The minimum absolute atomic E-state index is 0.00103. The van der Waals surface area contributed by atoms with E-state index in [1.54, 1.807) is 30.0 Å². The van der Waals surface area contributed by atoms with Crippen molar-refractivity contribution in [1.82, 2.24) is 15.5 Å². The number of dihydropyridines is 1. The molecule has 0 spiro atoms. The highest BCUT2D eigenvalue weighted by molar-refractivity contribution is 6.36. The lowest BCUT2D eigenvalue weighted by Crippen LogP contribution is -2.47. The van der Waals surface area contributed by atoms with Crippen molar-refractivity contribution >= 4 is 41.0 Å². The second-order valence-corrected chi connectivity index (χ2v) is 7.68. The summed E-state index contributed by atoms with van der Waals surface area (Å²) in [7, 11) is 0. The number of carboxylic acid groups (broad SMARTS) is 1. The van der Waals surface area contributed by atoms with E-state index in [1.165, 1.54) is 6.20 Å². The number of halogens is 2. The van der Waals surface area contributed by atoms with Crippen molar-refractivity contribution in [3.05, 3.63) is 56.9 Å². The van der Waals surface area contributed by atoms with Gasteiger partial charge in [0.1, 0.15) is 0 Å². The average molecular weight is 454 g/mol. The number of piperazine rings is 1. The molecule has 1 fully saturated rings. The number of carbonyl (C=O) groups is 3. The van der Waals surface area contributed by atoms with Crippen LogP contribution in [0.2, 0.25) is 10.0 Å². The van der Waals surface area contributed by atoms with E-state index >= 15 is 0 Å². The molecule has 1 unspecified atom stereocenters. The van der Waals surface area contributed by atoms with Crippen molar-refractivity contribution in [2.75, 3.05) is 32.8 Å². The summed E-state index contributed by atoms with van der Waals surface area (Å²) in [5.74, 6) is -3.41. The van der Waals surface area contributed by atoms with Crippen molar-refractivity contribution < 1.29 is 24.2 Å². The van der Waals surface area contributed by atoms with Gasteiger partial charge in [-0.15, -0.1) is 0 Å². The van der Waals surface area contributed by atoms with Crippen LogP contribution < -0.4 is 10.6 Å². The predicted octanol–water partition coefficient (Wildman–Crippen LogP) is 1.90. The summed E-state index contributed by atoms with van der Waals surface area (Å²) in [5.41, 5.74) is 0.557. The molecule has 1 aromatic rings. The number of hydrogen-bond acceptors (Lipinski definition) is 6. The second kappa shape index (κ2) is 9.51. The highest BCUT2D eigenvalue weighted by Crippen LogP contribution is 2.42. The van der Waals surface area contributed by atoms with Crippen LogP contribution in [0.4, 0.5) is 0 Å². The molecule has 2 aliphatic rings. The van der Waals surface area contributed by atoms with Gasteiger partial charge in [-0.2, -0.15) is 0 Å². The van der Waals surface area contributed by atoms with Crippen molar-refractivity contribution in [2.24, 2.45) is 0 Å². The Morgan fingerprint density at radius 2 is 1.83 bits per heavy atom. The summed E-state index contributed by atoms with van der Waals surface area (Å²) in [5, 5.41) is 16.1. The lowest BCUT2D eigenvalue weighted by Gasteiger charge is -2.29. The van der Waals surface area contributed by atoms with Gasteiger partial charge in [0, 0.05) is 53.7 Å². The van der Waals surface area contributed by atoms with Crippen molar-refractivity contribution in [1.29, 1.82) is 0 Å². The van der Waals surface area contributed by atoms with Gasteiger partial charge in [-0.1, -0.05) is 29.3 Å². The molecule has 0 saturated carbocycles. The third-order valence-electron chi connectivity index (χ3n) is 5.00. The molecule has 10 heteroatoms. The number of hydrogen-bond donors (Lipinski definition) is 3. The lowest BCUT2D eigenvalue weighted by molar-refractivity contribution is -0.149. The van der Waals surface area contributed by atoms with Crippen LogP contribution >= 0.6 is 23.2 Å². The maximum absolute atomic E-state index is 12.9. The number of allylic oxidation sites excluding steroid dienone is 1. The summed E-state index contributed by atoms with van der Waals surface area (Å²) in [6.07, 6.45) is 1.36. The fourth-order valence-electron chi connectivity index (χ4n) is 3.48. The molecule has 2 aliphatic heterocycles. The number of ether oxygens (including phenoxy) is 1. The predicted molar refractivity (Wildman–Crippen MR) is 111 cm³/mol. The van der Waals surface area contributed by atoms with E-state index in [2.05, 4.69) is 10.6 Å². The van der Waals surface area contributed by atoms with E-state index in [0.29, 0.717) is 31.9 Å². The van der Waals surface area contributed by atoms with Gasteiger partial charge in [-0.05, 0) is 19.1 Å². The van der Waals surface area contributed by atoms with Crippen LogP contribution in [0.1, 0.15) is 18.4 Å². The Kier molecular flexibility index (Phi) is 7.02. The maximum atomic E-state index is 12.9. The lowest BCUT2D eigenvalue weighted by atomic mass is 9.82. The normalized spacial score (nSPS) is 19.1. The monoisotopic (exact) mass is 453 g/mol. The van der Waals surface area contributed by atoms with Gasteiger partial charge in [-0.3, -0.25) is 4.79 Å². The first kappa shape index (κ1) is 22.1. The van der Waals surface area contributed by atoms with Crippen LogP contribution in [0.5, 0.6) is 0 Å². The fourth-order valence-corrected chi connectivity index (χ4v) is 4.10. The summed E-state index contributed by atoms with van der Waals surface area (Å²) in [4.78, 5) is 38.7. The third kappa shape index (κ3) is 4.61. The van der Waals surface area contributed by atoms with Gasteiger partial charge in [-0.25, -0.2) is 9.59 Å². The van der Waals surface area contributed by atoms with Crippen LogP contribution in [0.25, 0.3) is 0 Å². The number of aliphatic carboxylic acids is 1. The summed E-state index contributed by atoms with van der Waals surface area (Å²) < 4.78 is 5.23. The van der Waals surface area contributed by atoms with E-state index in [1.807, 2.05) is 0 Å². The Labute approximate surface area is 183 Å². The Hall–Kier alpha value is -2.55. The highest BCUT2D eigenvalue weighted by Gasteiger charge is 2.37. The number of nitrogens with one attached hydrogen (secondary N) is 2. The summed E-state index contributed by atoms with van der Waals surface area (Å²) in [6, 6.07) is 4.76. The molecule has 0 aliphatic carbocycles. The van der Waals surface area contributed by atoms with Crippen LogP contribution in [-0.2, 0) is 19.1 Å². The van der Waals surface area contributed by atoms with Crippen molar-refractivity contribution in [2.45, 2.75) is 12.8 Å². The Balaban J connectivity index is 1.87. The number of carbonyl (C=O) groups excluding carboxylic acids is 2. The van der Waals surface area contributed by atoms with E-state index in [-0.39, 0.29) is 32.7 Å². The standard InChI is InChI=1S/C20H21Cl2N3O5/c1-11-16(19(27)28)17(18-13(21)3-2-4-14(18)22)12(9-24-11)20(29)30-10-15(26)25-7-5-23-6-8-25/h2-4,9,17,23-24H,5-8,10H2,1H3,(H,27,28). The molecule has 1 amide bonds. The van der Waals surface area contributed by atoms with Gasteiger partial charge in [0.2, 0.25) is 0 Å². The molecule has 1 saturated heterocycles. The number of benzene rings is 1. The number of esters is 1. The number of amides is 1. The minimum Gasteiger partial charge on any atom is -0.478 e. The number of carboxylic acids is 1. The van der Waals surface area contributed by atoms with Gasteiger partial charge < -0.3 is 25.4 Å². The zero-order valence-corrected chi connectivity index (χ0v) is 17.7. The first-order valence-corrected chi connectivity index (χ1v) is 10.1. The number of rotatable bonds is 5. The molecule has 1 aromatic carbocycles. The summed E-state index contributed by atoms with van der Waals surface area (Å²) >= 11 is 12.6. The van der Waals surface area contributed by atoms with Crippen LogP contribution in [0.15, 0.2) is 41.2 Å². The van der Waals surface area contributed by atoms with Crippen molar-refractivity contribution in [3.8, 4) is 0 Å². The van der Waals surface area contributed by atoms with Gasteiger partial charge in [0.25, 0.3) is 5.91 Å². The zero-order chi connectivity index (χ0) is 21.8. The first-order chi connectivity index (χ1) is 14.3. The molecule has 1 atom stereocenters. The zero-order valence-electron chi connectivity index (χ0n) is 16.2. The second-order valence-electron chi connectivity index (χ2n) is 6.86. The highest BCUT2D eigenvalue weighted by atomic mass is 35.5. The molecule has 0 aromatic heterocycles. The quantitative estimate of drug-likeness (QED) is 0.584. The third-order valence-corrected chi connectivity index (χ3v) is 5.66. The van der Waals surface area contributed by atoms with Gasteiger partial charge in [0.15, 0.2) is 6.61 Å². The number of nitrogens with zero attached hydrogens (tertiary/aromatic N) is 1. The van der Waals surface area contributed by atoms with Crippen LogP contribution in [0, 0.1) is 0 Å². The molecular formula is C20H21Cl2N3O5. The molecule has 2 heterocycles. The van der Waals surface area contributed by atoms with E-state index < -0.39 is 24.5 Å². The molecule has 160 valence electrons. The Morgan fingerprint density at radius 1 is 1.20 bits per heavy atom. The molecule has 0 bridgehead atoms.